The fourth-order valence-electron chi connectivity index (χ4n) is 1.70. The largest absolute Gasteiger partial charge is 0.438 e. The van der Waals surface area contributed by atoms with E-state index in [9.17, 15) is 0 Å². The van der Waals surface area contributed by atoms with Crippen molar-refractivity contribution in [3.63, 3.8) is 0 Å². The minimum atomic E-state index is 0.230. The normalized spacial score (nSPS) is 10.7. The van der Waals surface area contributed by atoms with Gasteiger partial charge in [0.25, 0.3) is 0 Å². The summed E-state index contributed by atoms with van der Waals surface area (Å²) in [6.07, 6.45) is 0. The Morgan fingerprint density at radius 3 is 2.83 bits per heavy atom. The number of anilines is 1. The molecule has 4 nitrogen and oxygen atoms in total. The number of aromatic nitrogens is 2. The summed E-state index contributed by atoms with van der Waals surface area (Å²) in [5, 5.41) is 2.83. The summed E-state index contributed by atoms with van der Waals surface area (Å²) >= 11 is 1.52. The number of hydrogen-bond donors (Lipinski definition) is 1. The van der Waals surface area contributed by atoms with Gasteiger partial charge in [0.15, 0.2) is 0 Å². The number of nitrogens with zero attached hydrogens (tertiary/aromatic N) is 2. The molecule has 2 aromatic heterocycles. The number of benzene rings is 1. The lowest BCUT2D eigenvalue weighted by molar-refractivity contribution is 0.466. The number of para-hydroxylation sites is 1. The molecule has 90 valence electrons. The van der Waals surface area contributed by atoms with E-state index in [2.05, 4.69) is 9.97 Å². The van der Waals surface area contributed by atoms with Crippen LogP contribution in [0.3, 0.4) is 0 Å². The second-order valence-corrected chi connectivity index (χ2v) is 4.79. The lowest BCUT2D eigenvalue weighted by Gasteiger charge is -2.08. The predicted octanol–water partition coefficient (Wildman–Crippen LogP) is 3.37. The van der Waals surface area contributed by atoms with Crippen molar-refractivity contribution in [2.45, 2.75) is 6.92 Å². The van der Waals surface area contributed by atoms with Crippen LogP contribution in [0.2, 0.25) is 0 Å². The first-order valence-electron chi connectivity index (χ1n) is 5.48. The van der Waals surface area contributed by atoms with Gasteiger partial charge in [0.05, 0.1) is 5.39 Å². The van der Waals surface area contributed by atoms with Crippen LogP contribution >= 0.6 is 11.3 Å². The van der Waals surface area contributed by atoms with Gasteiger partial charge in [0.1, 0.15) is 10.6 Å². The highest BCUT2D eigenvalue weighted by Gasteiger charge is 2.10. The zero-order valence-electron chi connectivity index (χ0n) is 9.75. The molecule has 0 bridgehead atoms. The third-order valence-corrected chi connectivity index (χ3v) is 3.41. The number of thiophene rings is 1. The zero-order chi connectivity index (χ0) is 12.5. The summed E-state index contributed by atoms with van der Waals surface area (Å²) < 4.78 is 5.84. The molecule has 0 saturated heterocycles. The SMILES string of the molecule is Cc1ccccc1Oc1nc(N)nc2sccc12. The summed E-state index contributed by atoms with van der Waals surface area (Å²) in [7, 11) is 0. The van der Waals surface area contributed by atoms with Gasteiger partial charge >= 0.3 is 0 Å². The van der Waals surface area contributed by atoms with Crippen molar-refractivity contribution in [1.82, 2.24) is 9.97 Å². The Hall–Kier alpha value is -2.14. The van der Waals surface area contributed by atoms with E-state index in [1.807, 2.05) is 42.6 Å². The van der Waals surface area contributed by atoms with Crippen LogP contribution in [0.15, 0.2) is 35.7 Å². The molecule has 5 heteroatoms. The maximum Gasteiger partial charge on any atom is 0.232 e. The predicted molar refractivity (Wildman–Crippen MR) is 73.1 cm³/mol. The minimum Gasteiger partial charge on any atom is -0.438 e. The standard InChI is InChI=1S/C13H11N3OS/c1-8-4-2-3-5-10(8)17-11-9-6-7-18-12(9)16-13(14)15-11/h2-7H,1H3,(H2,14,15,16). The molecule has 0 aliphatic heterocycles. The van der Waals surface area contributed by atoms with Crippen LogP contribution in [0.25, 0.3) is 10.2 Å². The highest BCUT2D eigenvalue weighted by molar-refractivity contribution is 7.16. The van der Waals surface area contributed by atoms with Crippen molar-refractivity contribution in [1.29, 1.82) is 0 Å². The molecular formula is C13H11N3OS. The Morgan fingerprint density at radius 1 is 1.17 bits per heavy atom. The number of nitrogens with two attached hydrogens (primary N) is 1. The second-order valence-electron chi connectivity index (χ2n) is 3.89. The quantitative estimate of drug-likeness (QED) is 0.764. The molecule has 2 N–H and O–H groups in total. The van der Waals surface area contributed by atoms with E-state index < -0.39 is 0 Å². The van der Waals surface area contributed by atoms with Gasteiger partial charge in [-0.3, -0.25) is 0 Å². The van der Waals surface area contributed by atoms with Crippen LogP contribution in [0.1, 0.15) is 5.56 Å². The van der Waals surface area contributed by atoms with Crippen molar-refractivity contribution in [3.05, 3.63) is 41.3 Å². The van der Waals surface area contributed by atoms with Gasteiger partial charge in [-0.1, -0.05) is 18.2 Å². The number of ether oxygens (including phenoxy) is 1. The molecule has 3 rings (SSSR count). The fraction of sp³-hybridized carbons (Fsp3) is 0.0769. The second kappa shape index (κ2) is 4.27. The maximum atomic E-state index is 5.84. The molecule has 2 heterocycles. The molecule has 3 aromatic rings. The fourth-order valence-corrected chi connectivity index (χ4v) is 2.46. The van der Waals surface area contributed by atoms with Crippen molar-refractivity contribution >= 4 is 27.5 Å². The summed E-state index contributed by atoms with van der Waals surface area (Å²) in [6.45, 7) is 1.99. The first-order chi connectivity index (χ1) is 8.74. The molecule has 0 atom stereocenters. The van der Waals surface area contributed by atoms with E-state index in [0.29, 0.717) is 5.88 Å². The van der Waals surface area contributed by atoms with E-state index in [0.717, 1.165) is 21.5 Å². The van der Waals surface area contributed by atoms with Crippen LogP contribution in [-0.4, -0.2) is 9.97 Å². The molecule has 0 saturated carbocycles. The Kier molecular flexibility index (Phi) is 2.60. The lowest BCUT2D eigenvalue weighted by atomic mass is 10.2. The van der Waals surface area contributed by atoms with Crippen molar-refractivity contribution in [2.75, 3.05) is 5.73 Å². The van der Waals surface area contributed by atoms with E-state index in [1.165, 1.54) is 11.3 Å². The first-order valence-corrected chi connectivity index (χ1v) is 6.36. The zero-order valence-corrected chi connectivity index (χ0v) is 10.6. The monoisotopic (exact) mass is 257 g/mol. The van der Waals surface area contributed by atoms with Crippen molar-refractivity contribution in [3.8, 4) is 11.6 Å². The molecule has 0 aliphatic carbocycles. The van der Waals surface area contributed by atoms with Gasteiger partial charge < -0.3 is 10.5 Å². The number of rotatable bonds is 2. The molecule has 0 amide bonds. The molecule has 0 spiro atoms. The summed E-state index contributed by atoms with van der Waals surface area (Å²) in [5.41, 5.74) is 6.73. The van der Waals surface area contributed by atoms with E-state index in [-0.39, 0.29) is 5.95 Å². The summed E-state index contributed by atoms with van der Waals surface area (Å²) in [6, 6.07) is 9.73. The van der Waals surface area contributed by atoms with Crippen molar-refractivity contribution in [2.24, 2.45) is 0 Å². The summed E-state index contributed by atoms with van der Waals surface area (Å²) in [4.78, 5) is 9.17. The Bertz CT molecular complexity index is 708. The van der Waals surface area contributed by atoms with E-state index in [4.69, 9.17) is 10.5 Å². The Morgan fingerprint density at radius 2 is 2.00 bits per heavy atom. The average molecular weight is 257 g/mol. The summed E-state index contributed by atoms with van der Waals surface area (Å²) in [5.74, 6) is 1.52. The smallest absolute Gasteiger partial charge is 0.232 e. The maximum absolute atomic E-state index is 5.84. The third kappa shape index (κ3) is 1.89. The third-order valence-electron chi connectivity index (χ3n) is 2.61. The number of nitrogen functional groups attached to an aromatic ring is 1. The molecule has 1 aromatic carbocycles. The molecular weight excluding hydrogens is 246 g/mol. The van der Waals surface area contributed by atoms with E-state index >= 15 is 0 Å². The number of aryl methyl sites for hydroxylation is 1. The lowest BCUT2D eigenvalue weighted by Crippen LogP contribution is -1.97. The molecule has 0 fully saturated rings. The molecule has 0 unspecified atom stereocenters. The van der Waals surface area contributed by atoms with Gasteiger partial charge in [-0.2, -0.15) is 4.98 Å². The highest BCUT2D eigenvalue weighted by atomic mass is 32.1. The highest BCUT2D eigenvalue weighted by Crippen LogP contribution is 2.31. The van der Waals surface area contributed by atoms with Crippen LogP contribution in [0.4, 0.5) is 5.95 Å². The minimum absolute atomic E-state index is 0.230. The molecule has 18 heavy (non-hydrogen) atoms. The number of fused-ring (bicyclic) bond motifs is 1. The van der Waals surface area contributed by atoms with Crippen LogP contribution in [0.5, 0.6) is 11.6 Å². The van der Waals surface area contributed by atoms with Gasteiger partial charge in [-0.25, -0.2) is 4.98 Å². The molecule has 0 radical (unpaired) electrons. The van der Waals surface area contributed by atoms with Gasteiger partial charge in [0.2, 0.25) is 11.8 Å². The topological polar surface area (TPSA) is 61.0 Å². The Balaban J connectivity index is 2.10. The Labute approximate surface area is 108 Å². The average Bonchev–Trinajstić information content (AvgIpc) is 2.80. The van der Waals surface area contributed by atoms with Crippen LogP contribution in [0, 0.1) is 6.92 Å². The van der Waals surface area contributed by atoms with Crippen LogP contribution in [-0.2, 0) is 0 Å². The van der Waals surface area contributed by atoms with Gasteiger partial charge in [0, 0.05) is 0 Å². The van der Waals surface area contributed by atoms with Gasteiger partial charge in [-0.05, 0) is 30.0 Å². The van der Waals surface area contributed by atoms with E-state index in [1.54, 1.807) is 0 Å². The van der Waals surface area contributed by atoms with Crippen LogP contribution < -0.4 is 10.5 Å². The van der Waals surface area contributed by atoms with Gasteiger partial charge in [-0.15, -0.1) is 11.3 Å². The first kappa shape index (κ1) is 11.0. The number of hydrogen-bond acceptors (Lipinski definition) is 5. The van der Waals surface area contributed by atoms with Crippen molar-refractivity contribution < 1.29 is 4.74 Å². The molecule has 0 aliphatic rings.